The van der Waals surface area contributed by atoms with Crippen molar-refractivity contribution in [2.45, 2.75) is 27.2 Å². The van der Waals surface area contributed by atoms with E-state index in [9.17, 15) is 4.79 Å². The van der Waals surface area contributed by atoms with Crippen molar-refractivity contribution in [1.29, 1.82) is 0 Å². The predicted molar refractivity (Wildman–Crippen MR) is 122 cm³/mol. The molecule has 0 saturated carbocycles. The molecular formula is C24H29N3O4. The van der Waals surface area contributed by atoms with Crippen molar-refractivity contribution in [1.82, 2.24) is 9.55 Å². The highest BCUT2D eigenvalue weighted by Gasteiger charge is 2.09. The Kier molecular flexibility index (Phi) is 7.92. The number of aromatic nitrogens is 2. The van der Waals surface area contributed by atoms with Gasteiger partial charge in [0, 0.05) is 24.6 Å². The lowest BCUT2D eigenvalue weighted by Gasteiger charge is -2.13. The van der Waals surface area contributed by atoms with Gasteiger partial charge in [-0.3, -0.25) is 9.36 Å². The van der Waals surface area contributed by atoms with Crippen LogP contribution in [0.5, 0.6) is 17.2 Å². The van der Waals surface area contributed by atoms with Crippen LogP contribution in [0.1, 0.15) is 26.3 Å². The summed E-state index contributed by atoms with van der Waals surface area (Å²) >= 11 is 0. The summed E-state index contributed by atoms with van der Waals surface area (Å²) in [5.74, 6) is 2.56. The molecule has 2 aromatic carbocycles. The molecule has 3 rings (SSSR count). The Bertz CT molecular complexity index is 1030. The summed E-state index contributed by atoms with van der Waals surface area (Å²) in [5.41, 5.74) is 1.64. The van der Waals surface area contributed by atoms with Gasteiger partial charge in [-0.2, -0.15) is 0 Å². The average Bonchev–Trinajstić information content (AvgIpc) is 2.78. The fraction of sp³-hybridized carbons (Fsp3) is 0.333. The second-order valence-electron chi connectivity index (χ2n) is 6.70. The van der Waals surface area contributed by atoms with Crippen molar-refractivity contribution in [3.05, 3.63) is 70.8 Å². The minimum absolute atomic E-state index is 0.201. The maximum Gasteiger partial charge on any atom is 0.297 e. The summed E-state index contributed by atoms with van der Waals surface area (Å²) in [6.45, 7) is 8.14. The molecule has 0 atom stereocenters. The first-order valence-electron chi connectivity index (χ1n) is 10.6. The number of nitrogens with one attached hydrogen (secondary N) is 1. The molecule has 0 fully saturated rings. The second kappa shape index (κ2) is 11.1. The molecule has 0 bridgehead atoms. The zero-order valence-corrected chi connectivity index (χ0v) is 18.3. The average molecular weight is 424 g/mol. The third-order valence-corrected chi connectivity index (χ3v) is 4.58. The Hall–Kier alpha value is -3.48. The Morgan fingerprint density at radius 2 is 1.61 bits per heavy atom. The lowest BCUT2D eigenvalue weighted by Crippen LogP contribution is -2.24. The molecule has 1 N–H and O–H groups in total. The number of anilines is 1. The molecule has 0 unspecified atom stereocenters. The molecule has 7 heteroatoms. The standard InChI is InChI=1S/C24H29N3O4/c1-4-29-20-10-8-19(9-11-20)27-16-15-26-23(24(27)28)25-14-13-18-7-12-21(30-5-2)22(17-18)31-6-3/h7-12,15-17H,4-6,13-14H2,1-3H3,(H,25,26). The molecule has 1 heterocycles. The lowest BCUT2D eigenvalue weighted by molar-refractivity contribution is 0.287. The molecule has 3 aromatic rings. The molecule has 164 valence electrons. The summed E-state index contributed by atoms with van der Waals surface area (Å²) in [6.07, 6.45) is 3.99. The predicted octanol–water partition coefficient (Wildman–Crippen LogP) is 4.08. The quantitative estimate of drug-likeness (QED) is 0.501. The van der Waals surface area contributed by atoms with Gasteiger partial charge in [-0.15, -0.1) is 0 Å². The van der Waals surface area contributed by atoms with Crippen LogP contribution in [0.2, 0.25) is 0 Å². The van der Waals surface area contributed by atoms with Gasteiger partial charge in [-0.1, -0.05) is 6.07 Å². The highest BCUT2D eigenvalue weighted by atomic mass is 16.5. The van der Waals surface area contributed by atoms with Crippen LogP contribution in [0.4, 0.5) is 5.82 Å². The first kappa shape index (κ1) is 22.2. The molecule has 31 heavy (non-hydrogen) atoms. The van der Waals surface area contributed by atoms with Crippen molar-refractivity contribution < 1.29 is 14.2 Å². The van der Waals surface area contributed by atoms with Crippen molar-refractivity contribution in [2.75, 3.05) is 31.7 Å². The van der Waals surface area contributed by atoms with Gasteiger partial charge in [0.2, 0.25) is 0 Å². The molecule has 0 amide bonds. The van der Waals surface area contributed by atoms with Crippen LogP contribution in [-0.2, 0) is 6.42 Å². The SMILES string of the molecule is CCOc1ccc(-n2ccnc(NCCc3ccc(OCC)c(OCC)c3)c2=O)cc1. The van der Waals surface area contributed by atoms with Crippen LogP contribution in [0.25, 0.3) is 5.69 Å². The second-order valence-corrected chi connectivity index (χ2v) is 6.70. The number of nitrogens with zero attached hydrogens (tertiary/aromatic N) is 2. The molecule has 0 saturated heterocycles. The van der Waals surface area contributed by atoms with E-state index in [1.807, 2.05) is 63.2 Å². The Morgan fingerprint density at radius 1 is 0.903 bits per heavy atom. The lowest BCUT2D eigenvalue weighted by atomic mass is 10.1. The molecule has 0 aliphatic carbocycles. The highest BCUT2D eigenvalue weighted by molar-refractivity contribution is 5.44. The van der Waals surface area contributed by atoms with E-state index in [1.54, 1.807) is 17.0 Å². The van der Waals surface area contributed by atoms with E-state index in [2.05, 4.69) is 10.3 Å². The molecule has 0 aliphatic heterocycles. The Balaban J connectivity index is 1.68. The first-order valence-corrected chi connectivity index (χ1v) is 10.6. The highest BCUT2D eigenvalue weighted by Crippen LogP contribution is 2.28. The van der Waals surface area contributed by atoms with Gasteiger partial charge < -0.3 is 19.5 Å². The van der Waals surface area contributed by atoms with Gasteiger partial charge in [-0.25, -0.2) is 4.98 Å². The van der Waals surface area contributed by atoms with E-state index in [1.165, 1.54) is 0 Å². The third kappa shape index (κ3) is 5.78. The summed E-state index contributed by atoms with van der Waals surface area (Å²) in [7, 11) is 0. The van der Waals surface area contributed by atoms with Crippen LogP contribution in [0, 0.1) is 0 Å². The zero-order valence-electron chi connectivity index (χ0n) is 18.3. The molecule has 0 spiro atoms. The van der Waals surface area contributed by atoms with Crippen molar-refractivity contribution in [3.63, 3.8) is 0 Å². The summed E-state index contributed by atoms with van der Waals surface area (Å²) in [6, 6.07) is 13.3. The summed E-state index contributed by atoms with van der Waals surface area (Å²) < 4.78 is 18.3. The fourth-order valence-corrected chi connectivity index (χ4v) is 3.18. The number of hydrogen-bond acceptors (Lipinski definition) is 6. The van der Waals surface area contributed by atoms with E-state index in [4.69, 9.17) is 14.2 Å². The van der Waals surface area contributed by atoms with Gasteiger partial charge in [-0.05, 0) is 69.2 Å². The van der Waals surface area contributed by atoms with Gasteiger partial charge in [0.15, 0.2) is 17.3 Å². The van der Waals surface area contributed by atoms with Gasteiger partial charge in [0.1, 0.15) is 5.75 Å². The fourth-order valence-electron chi connectivity index (χ4n) is 3.18. The first-order chi connectivity index (χ1) is 15.2. The van der Waals surface area contributed by atoms with Crippen molar-refractivity contribution in [2.24, 2.45) is 0 Å². The van der Waals surface area contributed by atoms with Crippen LogP contribution in [0.15, 0.2) is 59.7 Å². The normalized spacial score (nSPS) is 10.5. The van der Waals surface area contributed by atoms with Crippen molar-refractivity contribution in [3.8, 4) is 22.9 Å². The minimum Gasteiger partial charge on any atom is -0.494 e. The molecule has 0 radical (unpaired) electrons. The molecule has 7 nitrogen and oxygen atoms in total. The van der Waals surface area contributed by atoms with Crippen LogP contribution in [-0.4, -0.2) is 35.9 Å². The molecular weight excluding hydrogens is 394 g/mol. The largest absolute Gasteiger partial charge is 0.494 e. The summed E-state index contributed by atoms with van der Waals surface area (Å²) in [4.78, 5) is 17.1. The topological polar surface area (TPSA) is 74.6 Å². The number of ether oxygens (including phenoxy) is 3. The smallest absolute Gasteiger partial charge is 0.297 e. The zero-order chi connectivity index (χ0) is 22.1. The van der Waals surface area contributed by atoms with Crippen LogP contribution in [0.3, 0.4) is 0 Å². The molecule has 1 aromatic heterocycles. The van der Waals surface area contributed by atoms with Crippen molar-refractivity contribution >= 4 is 5.82 Å². The summed E-state index contributed by atoms with van der Waals surface area (Å²) in [5, 5.41) is 3.15. The Labute approximate surface area is 182 Å². The maximum atomic E-state index is 12.8. The van der Waals surface area contributed by atoms with Crippen LogP contribution >= 0.6 is 0 Å². The van der Waals surface area contributed by atoms with E-state index >= 15 is 0 Å². The van der Waals surface area contributed by atoms with E-state index < -0.39 is 0 Å². The molecule has 0 aliphatic rings. The minimum atomic E-state index is -0.201. The van der Waals surface area contributed by atoms with E-state index in [0.717, 1.165) is 28.5 Å². The number of benzene rings is 2. The monoisotopic (exact) mass is 423 g/mol. The van der Waals surface area contributed by atoms with Gasteiger partial charge in [0.05, 0.1) is 19.8 Å². The van der Waals surface area contributed by atoms with Gasteiger partial charge in [0.25, 0.3) is 5.56 Å². The third-order valence-electron chi connectivity index (χ3n) is 4.58. The van der Waals surface area contributed by atoms with Crippen LogP contribution < -0.4 is 25.1 Å². The van der Waals surface area contributed by atoms with E-state index in [-0.39, 0.29) is 5.56 Å². The number of hydrogen-bond donors (Lipinski definition) is 1. The van der Waals surface area contributed by atoms with E-state index in [0.29, 0.717) is 38.6 Å². The van der Waals surface area contributed by atoms with Gasteiger partial charge >= 0.3 is 0 Å². The Morgan fingerprint density at radius 3 is 2.32 bits per heavy atom. The maximum absolute atomic E-state index is 12.8. The number of rotatable bonds is 11.